The van der Waals surface area contributed by atoms with E-state index in [2.05, 4.69) is 10.4 Å². The summed E-state index contributed by atoms with van der Waals surface area (Å²) in [4.78, 5) is 4.32. The lowest BCUT2D eigenvalue weighted by Crippen LogP contribution is -2.29. The Morgan fingerprint density at radius 1 is 1.53 bits per heavy atom. The molecule has 2 aromatic rings. The standard InChI is InChI=1S/C11H11ClFN3S/c1-6-15-10(5-17-6)11(16-14)8-4-7(13)2-3-9(8)12/h2-5,11,16H,14H2,1H3. The van der Waals surface area contributed by atoms with Crippen molar-refractivity contribution in [1.29, 1.82) is 0 Å². The van der Waals surface area contributed by atoms with Crippen LogP contribution in [0, 0.1) is 12.7 Å². The van der Waals surface area contributed by atoms with Crippen molar-refractivity contribution in [1.82, 2.24) is 10.4 Å². The number of nitrogens with two attached hydrogens (primary N) is 1. The minimum absolute atomic E-state index is 0.350. The molecule has 3 nitrogen and oxygen atoms in total. The Kier molecular flexibility index (Phi) is 3.73. The third-order valence-electron chi connectivity index (χ3n) is 2.37. The number of nitrogens with zero attached hydrogens (tertiary/aromatic N) is 1. The molecule has 1 heterocycles. The molecule has 1 aromatic heterocycles. The number of aryl methyl sites for hydroxylation is 1. The highest BCUT2D eigenvalue weighted by molar-refractivity contribution is 7.09. The summed E-state index contributed by atoms with van der Waals surface area (Å²) in [6, 6.07) is 3.78. The average molecular weight is 272 g/mol. The van der Waals surface area contributed by atoms with Crippen molar-refractivity contribution >= 4 is 22.9 Å². The first-order chi connectivity index (χ1) is 8.11. The molecule has 0 bridgehead atoms. The van der Waals surface area contributed by atoms with Crippen molar-refractivity contribution in [3.05, 3.63) is 50.7 Å². The summed E-state index contributed by atoms with van der Waals surface area (Å²) >= 11 is 7.55. The third kappa shape index (κ3) is 2.63. The van der Waals surface area contributed by atoms with E-state index in [9.17, 15) is 4.39 Å². The monoisotopic (exact) mass is 271 g/mol. The first-order valence-electron chi connectivity index (χ1n) is 4.95. The van der Waals surface area contributed by atoms with Crippen LogP contribution in [0.2, 0.25) is 5.02 Å². The number of aromatic nitrogens is 1. The predicted molar refractivity (Wildman–Crippen MR) is 67.4 cm³/mol. The fraction of sp³-hybridized carbons (Fsp3) is 0.182. The molecule has 0 spiro atoms. The van der Waals surface area contributed by atoms with E-state index in [4.69, 9.17) is 17.4 Å². The molecule has 1 atom stereocenters. The van der Waals surface area contributed by atoms with Crippen LogP contribution in [0.1, 0.15) is 22.3 Å². The molecule has 1 aromatic carbocycles. The van der Waals surface area contributed by atoms with Gasteiger partial charge in [0.25, 0.3) is 0 Å². The van der Waals surface area contributed by atoms with Gasteiger partial charge in [-0.2, -0.15) is 0 Å². The normalized spacial score (nSPS) is 12.7. The molecule has 0 saturated carbocycles. The molecule has 6 heteroatoms. The van der Waals surface area contributed by atoms with Crippen molar-refractivity contribution in [3.63, 3.8) is 0 Å². The van der Waals surface area contributed by atoms with Crippen molar-refractivity contribution in [2.75, 3.05) is 0 Å². The van der Waals surface area contributed by atoms with Gasteiger partial charge in [-0.05, 0) is 30.7 Å². The lowest BCUT2D eigenvalue weighted by molar-refractivity contribution is 0.599. The number of hydrazine groups is 1. The van der Waals surface area contributed by atoms with Gasteiger partial charge in [-0.1, -0.05) is 11.6 Å². The summed E-state index contributed by atoms with van der Waals surface area (Å²) in [6.45, 7) is 1.90. The molecule has 0 aliphatic rings. The second-order valence-corrected chi connectivity index (χ2v) is 5.03. The SMILES string of the molecule is Cc1nc(C(NN)c2cc(F)ccc2Cl)cs1. The number of rotatable bonds is 3. The van der Waals surface area contributed by atoms with Gasteiger partial charge in [0, 0.05) is 10.4 Å². The van der Waals surface area contributed by atoms with Crippen molar-refractivity contribution < 1.29 is 4.39 Å². The van der Waals surface area contributed by atoms with Crippen LogP contribution in [0.5, 0.6) is 0 Å². The fourth-order valence-electron chi connectivity index (χ4n) is 1.58. The summed E-state index contributed by atoms with van der Waals surface area (Å²) in [6.07, 6.45) is 0. The number of halogens is 2. The van der Waals surface area contributed by atoms with Crippen molar-refractivity contribution in [3.8, 4) is 0 Å². The van der Waals surface area contributed by atoms with Gasteiger partial charge in [-0.15, -0.1) is 11.3 Å². The van der Waals surface area contributed by atoms with Crippen LogP contribution in [-0.4, -0.2) is 4.98 Å². The number of benzene rings is 1. The topological polar surface area (TPSA) is 50.9 Å². The van der Waals surface area contributed by atoms with Crippen LogP contribution < -0.4 is 11.3 Å². The maximum absolute atomic E-state index is 13.2. The zero-order valence-corrected chi connectivity index (χ0v) is 10.6. The molecule has 0 amide bonds. The van der Waals surface area contributed by atoms with Gasteiger partial charge in [-0.3, -0.25) is 5.84 Å². The Morgan fingerprint density at radius 3 is 2.88 bits per heavy atom. The number of thiazole rings is 1. The van der Waals surface area contributed by atoms with E-state index in [-0.39, 0.29) is 5.82 Å². The van der Waals surface area contributed by atoms with Gasteiger partial charge in [0.1, 0.15) is 5.82 Å². The smallest absolute Gasteiger partial charge is 0.123 e. The van der Waals surface area contributed by atoms with Gasteiger partial charge in [-0.25, -0.2) is 14.8 Å². The van der Waals surface area contributed by atoms with Crippen LogP contribution in [0.15, 0.2) is 23.6 Å². The van der Waals surface area contributed by atoms with E-state index in [1.54, 1.807) is 0 Å². The lowest BCUT2D eigenvalue weighted by atomic mass is 10.1. The molecule has 17 heavy (non-hydrogen) atoms. The molecule has 0 fully saturated rings. The minimum atomic E-state index is -0.400. The van der Waals surface area contributed by atoms with Gasteiger partial charge in [0.05, 0.1) is 16.7 Å². The van der Waals surface area contributed by atoms with Crippen LogP contribution in [0.25, 0.3) is 0 Å². The summed E-state index contributed by atoms with van der Waals surface area (Å²) in [5, 5.41) is 3.26. The van der Waals surface area contributed by atoms with Crippen LogP contribution in [-0.2, 0) is 0 Å². The fourth-order valence-corrected chi connectivity index (χ4v) is 2.45. The minimum Gasteiger partial charge on any atom is -0.271 e. The highest BCUT2D eigenvalue weighted by atomic mass is 35.5. The third-order valence-corrected chi connectivity index (χ3v) is 3.50. The number of hydrogen-bond acceptors (Lipinski definition) is 4. The number of hydrogen-bond donors (Lipinski definition) is 2. The summed E-state index contributed by atoms with van der Waals surface area (Å²) < 4.78 is 13.2. The van der Waals surface area contributed by atoms with Crippen molar-refractivity contribution in [2.24, 2.45) is 5.84 Å². The molecule has 0 aliphatic heterocycles. The maximum Gasteiger partial charge on any atom is 0.123 e. The molecule has 90 valence electrons. The predicted octanol–water partition coefficient (Wildman–Crippen LogP) is 2.80. The molecule has 0 saturated heterocycles. The van der Waals surface area contributed by atoms with Gasteiger partial charge in [0.2, 0.25) is 0 Å². The van der Waals surface area contributed by atoms with Crippen molar-refractivity contribution in [2.45, 2.75) is 13.0 Å². The zero-order chi connectivity index (χ0) is 12.4. The van der Waals surface area contributed by atoms with E-state index < -0.39 is 6.04 Å². The Labute approximate surface area is 107 Å². The molecular formula is C11H11ClFN3S. The van der Waals surface area contributed by atoms with E-state index in [1.165, 1.54) is 29.5 Å². The van der Waals surface area contributed by atoms with Gasteiger partial charge < -0.3 is 0 Å². The van der Waals surface area contributed by atoms with Crippen LogP contribution >= 0.6 is 22.9 Å². The van der Waals surface area contributed by atoms with Gasteiger partial charge in [0.15, 0.2) is 0 Å². The van der Waals surface area contributed by atoms with E-state index in [1.807, 2.05) is 12.3 Å². The van der Waals surface area contributed by atoms with E-state index >= 15 is 0 Å². The molecule has 0 radical (unpaired) electrons. The highest BCUT2D eigenvalue weighted by Gasteiger charge is 2.18. The number of nitrogens with one attached hydrogen (secondary N) is 1. The van der Waals surface area contributed by atoms with Crippen LogP contribution in [0.3, 0.4) is 0 Å². The Hall–Kier alpha value is -1.01. The molecule has 0 aliphatic carbocycles. The second-order valence-electron chi connectivity index (χ2n) is 3.56. The van der Waals surface area contributed by atoms with E-state index in [0.717, 1.165) is 10.7 Å². The van der Waals surface area contributed by atoms with Crippen LogP contribution in [0.4, 0.5) is 4.39 Å². The molecule has 2 rings (SSSR count). The first-order valence-corrected chi connectivity index (χ1v) is 6.20. The quantitative estimate of drug-likeness (QED) is 0.667. The first kappa shape index (κ1) is 12.4. The molecular weight excluding hydrogens is 261 g/mol. The largest absolute Gasteiger partial charge is 0.271 e. The Balaban J connectivity index is 2.45. The second kappa shape index (κ2) is 5.10. The summed E-state index contributed by atoms with van der Waals surface area (Å²) in [5.41, 5.74) is 3.93. The Morgan fingerprint density at radius 2 is 2.29 bits per heavy atom. The van der Waals surface area contributed by atoms with Gasteiger partial charge >= 0.3 is 0 Å². The molecule has 1 unspecified atom stereocenters. The zero-order valence-electron chi connectivity index (χ0n) is 9.08. The van der Waals surface area contributed by atoms with E-state index in [0.29, 0.717) is 10.6 Å². The summed E-state index contributed by atoms with van der Waals surface area (Å²) in [5.74, 6) is 5.15. The average Bonchev–Trinajstić information content (AvgIpc) is 2.71. The maximum atomic E-state index is 13.2. The molecule has 3 N–H and O–H groups in total. The Bertz CT molecular complexity index is 529. The lowest BCUT2D eigenvalue weighted by Gasteiger charge is -2.15. The summed E-state index contributed by atoms with van der Waals surface area (Å²) in [7, 11) is 0. The highest BCUT2D eigenvalue weighted by Crippen LogP contribution is 2.29.